The van der Waals surface area contributed by atoms with Gasteiger partial charge in [0.1, 0.15) is 12.2 Å². The molecule has 0 saturated carbocycles. The highest BCUT2D eigenvalue weighted by Crippen LogP contribution is 2.44. The van der Waals surface area contributed by atoms with Crippen molar-refractivity contribution in [2.45, 2.75) is 26.8 Å². The molecule has 0 spiro atoms. The van der Waals surface area contributed by atoms with Gasteiger partial charge in [-0.05, 0) is 56.7 Å². The van der Waals surface area contributed by atoms with Crippen LogP contribution in [0, 0.1) is 13.8 Å². The minimum Gasteiger partial charge on any atom is -0.490 e. The Morgan fingerprint density at radius 3 is 2.67 bits per heavy atom. The molecule has 7 nitrogen and oxygen atoms in total. The molecule has 1 amide bonds. The molecule has 4 aromatic rings. The van der Waals surface area contributed by atoms with E-state index in [2.05, 4.69) is 27.5 Å². The molecule has 0 fully saturated rings. The topological polar surface area (TPSA) is 81.9 Å². The quantitative estimate of drug-likeness (QED) is 0.243. The molecule has 1 aliphatic heterocycles. The van der Waals surface area contributed by atoms with Gasteiger partial charge in [-0.3, -0.25) is 14.5 Å². The van der Waals surface area contributed by atoms with Crippen LogP contribution in [0.3, 0.4) is 0 Å². The van der Waals surface area contributed by atoms with E-state index in [1.807, 2.05) is 26.8 Å². The number of anilines is 1. The lowest BCUT2D eigenvalue weighted by Crippen LogP contribution is -2.29. The summed E-state index contributed by atoms with van der Waals surface area (Å²) < 4.78 is 18.4. The minimum absolute atomic E-state index is 0.0234. The average molecular weight is 567 g/mol. The Kier molecular flexibility index (Phi) is 6.44. The van der Waals surface area contributed by atoms with E-state index >= 15 is 0 Å². The molecule has 1 unspecified atom stereocenters. The van der Waals surface area contributed by atoms with Crippen LogP contribution in [0.4, 0.5) is 5.13 Å². The molecule has 0 saturated heterocycles. The normalized spacial score (nSPS) is 14.8. The van der Waals surface area contributed by atoms with Crippen LogP contribution in [0.25, 0.3) is 11.0 Å². The summed E-state index contributed by atoms with van der Waals surface area (Å²) in [6.45, 7) is 10.2. The monoisotopic (exact) mass is 566 g/mol. The van der Waals surface area contributed by atoms with Crippen molar-refractivity contribution < 1.29 is 18.7 Å². The van der Waals surface area contributed by atoms with E-state index in [0.717, 1.165) is 15.0 Å². The lowest BCUT2D eigenvalue weighted by Gasteiger charge is -2.23. The number of hydrogen-bond acceptors (Lipinski definition) is 7. The molecule has 9 heteroatoms. The fourth-order valence-electron chi connectivity index (χ4n) is 4.25. The molecule has 5 rings (SSSR count). The number of nitrogens with zero attached hydrogens (tertiary/aromatic N) is 2. The maximum atomic E-state index is 13.8. The summed E-state index contributed by atoms with van der Waals surface area (Å²) in [6.07, 6.45) is 1.65. The van der Waals surface area contributed by atoms with Crippen molar-refractivity contribution in [2.75, 3.05) is 18.1 Å². The fraction of sp³-hybridized carbons (Fsp3) is 0.222. The number of aryl methyl sites for hydroxylation is 2. The molecule has 3 heterocycles. The third-order valence-electron chi connectivity index (χ3n) is 6.00. The highest BCUT2D eigenvalue weighted by Gasteiger charge is 2.45. The zero-order chi connectivity index (χ0) is 25.6. The first-order valence-corrected chi connectivity index (χ1v) is 13.0. The Morgan fingerprint density at radius 1 is 1.17 bits per heavy atom. The highest BCUT2D eigenvalue weighted by molar-refractivity contribution is 9.10. The predicted molar refractivity (Wildman–Crippen MR) is 144 cm³/mol. The standard InChI is InChI=1S/C27H23BrN2O5S/c1-5-11-34-20-9-7-16(12-21(20)33-6-2)23-22-24(31)18-13-17(28)8-10-19(18)35-25(22)26(32)30(23)27-29-14(3)15(4)36-27/h5,7-10,12-13,23H,1,6,11H2,2-4H3. The number of carbonyl (C=O) groups is 1. The van der Waals surface area contributed by atoms with Crippen LogP contribution in [-0.4, -0.2) is 24.1 Å². The van der Waals surface area contributed by atoms with Crippen LogP contribution in [0.5, 0.6) is 11.5 Å². The Bertz CT molecular complexity index is 1560. The molecule has 184 valence electrons. The Balaban J connectivity index is 1.76. The van der Waals surface area contributed by atoms with Crippen LogP contribution < -0.4 is 19.8 Å². The fourth-order valence-corrected chi connectivity index (χ4v) is 5.55. The Morgan fingerprint density at radius 2 is 1.97 bits per heavy atom. The third-order valence-corrected chi connectivity index (χ3v) is 7.56. The van der Waals surface area contributed by atoms with Crippen molar-refractivity contribution in [1.29, 1.82) is 0 Å². The molecule has 0 bridgehead atoms. The molecule has 0 aliphatic carbocycles. The lowest BCUT2D eigenvalue weighted by atomic mass is 9.98. The summed E-state index contributed by atoms with van der Waals surface area (Å²) in [4.78, 5) is 34.8. The van der Waals surface area contributed by atoms with Crippen molar-refractivity contribution >= 4 is 49.3 Å². The van der Waals surface area contributed by atoms with Gasteiger partial charge in [0.25, 0.3) is 5.91 Å². The molecule has 0 N–H and O–H groups in total. The first-order chi connectivity index (χ1) is 17.3. The van der Waals surface area contributed by atoms with E-state index in [1.54, 1.807) is 41.3 Å². The predicted octanol–water partition coefficient (Wildman–Crippen LogP) is 6.34. The smallest absolute Gasteiger partial charge is 0.297 e. The zero-order valence-electron chi connectivity index (χ0n) is 20.0. The second-order valence-electron chi connectivity index (χ2n) is 8.27. The van der Waals surface area contributed by atoms with E-state index in [0.29, 0.717) is 46.4 Å². The maximum Gasteiger partial charge on any atom is 0.297 e. The van der Waals surface area contributed by atoms with Crippen molar-refractivity contribution in [1.82, 2.24) is 4.98 Å². The number of benzene rings is 2. The molecular formula is C27H23BrN2O5S. The number of amides is 1. The third kappa shape index (κ3) is 4.02. The van der Waals surface area contributed by atoms with Gasteiger partial charge in [-0.15, -0.1) is 11.3 Å². The van der Waals surface area contributed by atoms with E-state index < -0.39 is 11.9 Å². The second kappa shape index (κ2) is 9.55. The molecule has 2 aromatic carbocycles. The Labute approximate surface area is 220 Å². The van der Waals surface area contributed by atoms with Crippen molar-refractivity contribution in [3.8, 4) is 11.5 Å². The van der Waals surface area contributed by atoms with Gasteiger partial charge >= 0.3 is 0 Å². The van der Waals surface area contributed by atoms with Crippen LogP contribution in [-0.2, 0) is 0 Å². The number of carbonyl (C=O) groups excluding carboxylic acids is 1. The molecule has 0 radical (unpaired) electrons. The van der Waals surface area contributed by atoms with Gasteiger partial charge < -0.3 is 13.9 Å². The molecular weight excluding hydrogens is 544 g/mol. The molecule has 1 atom stereocenters. The summed E-state index contributed by atoms with van der Waals surface area (Å²) >= 11 is 4.83. The molecule has 1 aliphatic rings. The summed E-state index contributed by atoms with van der Waals surface area (Å²) in [5.74, 6) is 0.676. The van der Waals surface area contributed by atoms with E-state index in [-0.39, 0.29) is 16.8 Å². The van der Waals surface area contributed by atoms with Gasteiger partial charge in [-0.25, -0.2) is 4.98 Å². The SMILES string of the molecule is C=CCOc1ccc(C2c3c(oc4ccc(Br)cc4c3=O)C(=O)N2c2nc(C)c(C)s2)cc1OCC. The summed E-state index contributed by atoms with van der Waals surface area (Å²) in [6, 6.07) is 9.84. The molecule has 36 heavy (non-hydrogen) atoms. The summed E-state index contributed by atoms with van der Waals surface area (Å²) in [5.41, 5.74) is 1.88. The summed E-state index contributed by atoms with van der Waals surface area (Å²) in [5, 5.41) is 0.895. The van der Waals surface area contributed by atoms with Crippen LogP contribution in [0.2, 0.25) is 0 Å². The van der Waals surface area contributed by atoms with Crippen molar-refractivity contribution in [3.05, 3.63) is 91.2 Å². The summed E-state index contributed by atoms with van der Waals surface area (Å²) in [7, 11) is 0. The first-order valence-electron chi connectivity index (χ1n) is 11.4. The van der Waals surface area contributed by atoms with Crippen LogP contribution in [0.1, 0.15) is 45.2 Å². The lowest BCUT2D eigenvalue weighted by molar-refractivity contribution is 0.0971. The van der Waals surface area contributed by atoms with Crippen LogP contribution >= 0.6 is 27.3 Å². The zero-order valence-corrected chi connectivity index (χ0v) is 22.4. The van der Waals surface area contributed by atoms with Gasteiger partial charge in [0, 0.05) is 9.35 Å². The van der Waals surface area contributed by atoms with Gasteiger partial charge in [0.15, 0.2) is 22.1 Å². The van der Waals surface area contributed by atoms with E-state index in [9.17, 15) is 9.59 Å². The van der Waals surface area contributed by atoms with Crippen molar-refractivity contribution in [3.63, 3.8) is 0 Å². The largest absolute Gasteiger partial charge is 0.490 e. The van der Waals surface area contributed by atoms with Gasteiger partial charge in [-0.2, -0.15) is 0 Å². The second-order valence-corrected chi connectivity index (χ2v) is 10.4. The van der Waals surface area contributed by atoms with Gasteiger partial charge in [0.2, 0.25) is 5.76 Å². The van der Waals surface area contributed by atoms with E-state index in [4.69, 9.17) is 13.9 Å². The number of hydrogen-bond donors (Lipinski definition) is 0. The van der Waals surface area contributed by atoms with Crippen molar-refractivity contribution in [2.24, 2.45) is 0 Å². The molecule has 2 aromatic heterocycles. The van der Waals surface area contributed by atoms with E-state index in [1.165, 1.54) is 11.3 Å². The number of ether oxygens (including phenoxy) is 2. The number of aromatic nitrogens is 1. The van der Waals surface area contributed by atoms with Gasteiger partial charge in [0.05, 0.1) is 29.3 Å². The Hall–Kier alpha value is -3.43. The minimum atomic E-state index is -0.746. The number of thiazole rings is 1. The maximum absolute atomic E-state index is 13.8. The van der Waals surface area contributed by atoms with Gasteiger partial charge in [-0.1, -0.05) is 34.7 Å². The highest BCUT2D eigenvalue weighted by atomic mass is 79.9. The number of halogens is 1. The average Bonchev–Trinajstić information content (AvgIpc) is 3.34. The first kappa shape index (κ1) is 24.3. The number of rotatable bonds is 7. The van der Waals surface area contributed by atoms with Crippen LogP contribution in [0.15, 0.2) is 62.7 Å². The number of fused-ring (bicyclic) bond motifs is 2.